The van der Waals surface area contributed by atoms with Gasteiger partial charge in [0.25, 0.3) is 0 Å². The highest BCUT2D eigenvalue weighted by molar-refractivity contribution is 5.79. The van der Waals surface area contributed by atoms with Crippen molar-refractivity contribution >= 4 is 5.91 Å². The molecule has 36 heavy (non-hydrogen) atoms. The van der Waals surface area contributed by atoms with Gasteiger partial charge in [0, 0.05) is 19.2 Å². The van der Waals surface area contributed by atoms with Crippen LogP contribution in [0, 0.1) is 32.4 Å². The normalized spacial score (nSPS) is 12.9. The van der Waals surface area contributed by atoms with Crippen molar-refractivity contribution in [2.75, 3.05) is 6.54 Å². The van der Waals surface area contributed by atoms with Gasteiger partial charge in [-0.2, -0.15) is 0 Å². The summed E-state index contributed by atoms with van der Waals surface area (Å²) in [5.74, 6) is -1.63. The zero-order valence-electron chi connectivity index (χ0n) is 21.5. The molecule has 0 bridgehead atoms. The average Bonchev–Trinajstić information content (AvgIpc) is 2.80. The molecule has 1 amide bonds. The van der Waals surface area contributed by atoms with Crippen LogP contribution in [0.2, 0.25) is 0 Å². The lowest BCUT2D eigenvalue weighted by Gasteiger charge is -2.25. The molecular formula is C30H36F2N2O2. The Morgan fingerprint density at radius 1 is 0.917 bits per heavy atom. The van der Waals surface area contributed by atoms with E-state index in [0.29, 0.717) is 12.1 Å². The number of aliphatic hydroxyl groups excluding tert-OH is 1. The lowest BCUT2D eigenvalue weighted by atomic mass is 9.96. The van der Waals surface area contributed by atoms with E-state index in [9.17, 15) is 18.7 Å². The Balaban J connectivity index is 1.71. The largest absolute Gasteiger partial charge is 0.390 e. The number of halogens is 2. The van der Waals surface area contributed by atoms with Crippen LogP contribution < -0.4 is 10.6 Å². The average molecular weight is 495 g/mol. The van der Waals surface area contributed by atoms with Gasteiger partial charge < -0.3 is 15.7 Å². The smallest absolute Gasteiger partial charge is 0.224 e. The maximum atomic E-state index is 13.8. The summed E-state index contributed by atoms with van der Waals surface area (Å²) in [6.45, 7) is 8.83. The summed E-state index contributed by atoms with van der Waals surface area (Å²) in [5.41, 5.74) is 6.83. The topological polar surface area (TPSA) is 61.4 Å². The van der Waals surface area contributed by atoms with Crippen molar-refractivity contribution in [3.8, 4) is 0 Å². The van der Waals surface area contributed by atoms with Gasteiger partial charge in [-0.25, -0.2) is 8.78 Å². The molecule has 0 fully saturated rings. The van der Waals surface area contributed by atoms with Crippen LogP contribution in [-0.2, 0) is 30.6 Å². The van der Waals surface area contributed by atoms with Crippen molar-refractivity contribution in [3.05, 3.63) is 105 Å². The standard InChI is InChI=1S/C30H36F2N2O2/c1-5-22-7-6-8-23(11-22)17-33-18-29(35)28(14-24-12-25(31)15-26(32)13-24)34-30(36)16-27-20(3)9-19(2)10-21(27)4/h6-13,15,28-29,33,35H,5,14,16-18H2,1-4H3,(H,34,36). The highest BCUT2D eigenvalue weighted by Gasteiger charge is 2.23. The number of carbonyl (C=O) groups is 1. The Morgan fingerprint density at radius 2 is 1.56 bits per heavy atom. The first-order chi connectivity index (χ1) is 17.1. The van der Waals surface area contributed by atoms with Gasteiger partial charge in [-0.3, -0.25) is 4.79 Å². The monoisotopic (exact) mass is 494 g/mol. The Hall–Kier alpha value is -3.09. The van der Waals surface area contributed by atoms with E-state index in [-0.39, 0.29) is 25.3 Å². The molecule has 0 aliphatic heterocycles. The first kappa shape index (κ1) is 27.5. The lowest BCUT2D eigenvalue weighted by molar-refractivity contribution is -0.122. The Bertz CT molecular complexity index is 1150. The summed E-state index contributed by atoms with van der Waals surface area (Å²) in [5, 5.41) is 17.1. The second kappa shape index (κ2) is 12.7. The number of aryl methyl sites for hydroxylation is 4. The van der Waals surface area contributed by atoms with Gasteiger partial charge in [0.15, 0.2) is 0 Å². The van der Waals surface area contributed by atoms with Gasteiger partial charge in [0.05, 0.1) is 18.6 Å². The van der Waals surface area contributed by atoms with Gasteiger partial charge in [0.2, 0.25) is 5.91 Å². The number of hydrogen-bond acceptors (Lipinski definition) is 3. The number of carbonyl (C=O) groups excluding carboxylic acids is 1. The van der Waals surface area contributed by atoms with Crippen molar-refractivity contribution in [1.29, 1.82) is 0 Å². The van der Waals surface area contributed by atoms with Gasteiger partial charge >= 0.3 is 0 Å². The summed E-state index contributed by atoms with van der Waals surface area (Å²) in [4.78, 5) is 13.0. The minimum absolute atomic E-state index is 0.0977. The molecule has 4 nitrogen and oxygen atoms in total. The molecule has 3 aromatic rings. The predicted octanol–water partition coefficient (Wildman–Crippen LogP) is 4.87. The fraction of sp³-hybridized carbons (Fsp3) is 0.367. The fourth-order valence-corrected chi connectivity index (χ4v) is 4.64. The molecule has 0 radical (unpaired) electrons. The molecule has 2 unspecified atom stereocenters. The van der Waals surface area contributed by atoms with Crippen molar-refractivity contribution in [3.63, 3.8) is 0 Å². The molecule has 0 saturated carbocycles. The molecule has 3 rings (SSSR count). The first-order valence-electron chi connectivity index (χ1n) is 12.4. The van der Waals surface area contributed by atoms with E-state index in [4.69, 9.17) is 0 Å². The third-order valence-corrected chi connectivity index (χ3v) is 6.45. The van der Waals surface area contributed by atoms with Gasteiger partial charge in [-0.15, -0.1) is 0 Å². The van der Waals surface area contributed by atoms with Crippen LogP contribution >= 0.6 is 0 Å². The van der Waals surface area contributed by atoms with Crippen molar-refractivity contribution in [2.24, 2.45) is 0 Å². The zero-order valence-corrected chi connectivity index (χ0v) is 21.5. The van der Waals surface area contributed by atoms with E-state index in [0.717, 1.165) is 40.3 Å². The molecule has 192 valence electrons. The number of aliphatic hydroxyl groups is 1. The fourth-order valence-electron chi connectivity index (χ4n) is 4.64. The van der Waals surface area contributed by atoms with Crippen molar-refractivity contribution in [2.45, 2.75) is 65.6 Å². The summed E-state index contributed by atoms with van der Waals surface area (Å²) >= 11 is 0. The van der Waals surface area contributed by atoms with Crippen LogP contribution in [0.4, 0.5) is 8.78 Å². The number of nitrogens with one attached hydrogen (secondary N) is 2. The van der Waals surface area contributed by atoms with Crippen molar-refractivity contribution in [1.82, 2.24) is 10.6 Å². The first-order valence-corrected chi connectivity index (χ1v) is 12.4. The van der Waals surface area contributed by atoms with Gasteiger partial charge in [0.1, 0.15) is 11.6 Å². The third-order valence-electron chi connectivity index (χ3n) is 6.45. The molecule has 0 spiro atoms. The molecule has 0 heterocycles. The Kier molecular flexibility index (Phi) is 9.73. The number of benzene rings is 3. The third kappa shape index (κ3) is 7.97. The van der Waals surface area contributed by atoms with Crippen LogP contribution in [0.25, 0.3) is 0 Å². The highest BCUT2D eigenvalue weighted by atomic mass is 19.1. The van der Waals surface area contributed by atoms with E-state index < -0.39 is 23.8 Å². The van der Waals surface area contributed by atoms with E-state index in [1.54, 1.807) is 0 Å². The van der Waals surface area contributed by atoms with E-state index in [1.807, 2.05) is 45.0 Å². The summed E-state index contributed by atoms with van der Waals surface area (Å²) in [7, 11) is 0. The van der Waals surface area contributed by atoms with Gasteiger partial charge in [-0.05, 0) is 79.1 Å². The van der Waals surface area contributed by atoms with Crippen LogP contribution in [-0.4, -0.2) is 29.7 Å². The van der Waals surface area contributed by atoms with E-state index in [2.05, 4.69) is 29.7 Å². The number of rotatable bonds is 11. The molecule has 3 N–H and O–H groups in total. The maximum Gasteiger partial charge on any atom is 0.224 e. The second-order valence-corrected chi connectivity index (χ2v) is 9.58. The second-order valence-electron chi connectivity index (χ2n) is 9.58. The predicted molar refractivity (Wildman–Crippen MR) is 140 cm³/mol. The molecule has 0 aromatic heterocycles. The quantitative estimate of drug-likeness (QED) is 0.356. The molecule has 3 aromatic carbocycles. The van der Waals surface area contributed by atoms with Crippen LogP contribution in [0.3, 0.4) is 0 Å². The van der Waals surface area contributed by atoms with Crippen LogP contribution in [0.5, 0.6) is 0 Å². The molecular weight excluding hydrogens is 458 g/mol. The maximum absolute atomic E-state index is 13.8. The van der Waals surface area contributed by atoms with E-state index in [1.165, 1.54) is 17.7 Å². The summed E-state index contributed by atoms with van der Waals surface area (Å²) in [6, 6.07) is 14.8. The van der Waals surface area contributed by atoms with Crippen LogP contribution in [0.15, 0.2) is 54.6 Å². The summed E-state index contributed by atoms with van der Waals surface area (Å²) < 4.78 is 27.6. The number of amides is 1. The molecule has 0 saturated heterocycles. The zero-order chi connectivity index (χ0) is 26.2. The van der Waals surface area contributed by atoms with Gasteiger partial charge in [-0.1, -0.05) is 48.9 Å². The number of hydrogen-bond donors (Lipinski definition) is 3. The molecule has 0 aliphatic carbocycles. The lowest BCUT2D eigenvalue weighted by Crippen LogP contribution is -2.49. The Labute approximate surface area is 212 Å². The van der Waals surface area contributed by atoms with Crippen LogP contribution in [0.1, 0.15) is 45.9 Å². The molecule has 2 atom stereocenters. The minimum Gasteiger partial charge on any atom is -0.390 e. The van der Waals surface area contributed by atoms with Crippen molar-refractivity contribution < 1.29 is 18.7 Å². The SMILES string of the molecule is CCc1cccc(CNCC(O)C(Cc2cc(F)cc(F)c2)NC(=O)Cc2c(C)cc(C)cc2C)c1. The highest BCUT2D eigenvalue weighted by Crippen LogP contribution is 2.18. The summed E-state index contributed by atoms with van der Waals surface area (Å²) in [6.07, 6.45) is 0.236. The Morgan fingerprint density at radius 3 is 2.19 bits per heavy atom. The van der Waals surface area contributed by atoms with E-state index >= 15 is 0 Å². The molecule has 0 aliphatic rings. The minimum atomic E-state index is -0.963. The molecule has 6 heteroatoms.